The summed E-state index contributed by atoms with van der Waals surface area (Å²) in [6.45, 7) is 0. The summed E-state index contributed by atoms with van der Waals surface area (Å²) < 4.78 is 1.28. The van der Waals surface area contributed by atoms with E-state index in [0.29, 0.717) is 22.3 Å². The van der Waals surface area contributed by atoms with E-state index in [1.807, 2.05) is 6.07 Å². The van der Waals surface area contributed by atoms with Gasteiger partial charge in [0.2, 0.25) is 0 Å². The van der Waals surface area contributed by atoms with Crippen LogP contribution in [0.2, 0.25) is 0 Å². The molecule has 108 valence electrons. The second-order valence-electron chi connectivity index (χ2n) is 5.13. The van der Waals surface area contributed by atoms with Gasteiger partial charge in [-0.3, -0.25) is 19.0 Å². The maximum absolute atomic E-state index is 12.5. The van der Waals surface area contributed by atoms with Gasteiger partial charge in [-0.2, -0.15) is 0 Å². The Balaban J connectivity index is 2.16. The molecular formula is C16H11N3O3. The molecule has 0 spiro atoms. The molecule has 2 aromatic carbocycles. The number of carbonyl (C=O) groups excluding carboxylic acids is 1. The molecule has 6 heteroatoms. The Morgan fingerprint density at radius 1 is 0.909 bits per heavy atom. The summed E-state index contributed by atoms with van der Waals surface area (Å²) in [4.78, 5) is 39.3. The van der Waals surface area contributed by atoms with Crippen LogP contribution in [0.25, 0.3) is 11.0 Å². The Labute approximate surface area is 124 Å². The summed E-state index contributed by atoms with van der Waals surface area (Å²) >= 11 is 0. The second-order valence-corrected chi connectivity index (χ2v) is 5.13. The van der Waals surface area contributed by atoms with Gasteiger partial charge in [-0.1, -0.05) is 36.4 Å². The van der Waals surface area contributed by atoms with E-state index in [1.165, 1.54) is 4.57 Å². The molecule has 1 aliphatic heterocycles. The average molecular weight is 293 g/mol. The van der Waals surface area contributed by atoms with Gasteiger partial charge >= 0.3 is 11.1 Å². The lowest BCUT2D eigenvalue weighted by Gasteiger charge is -2.27. The summed E-state index contributed by atoms with van der Waals surface area (Å²) in [5, 5.41) is 2.80. The zero-order chi connectivity index (χ0) is 15.3. The van der Waals surface area contributed by atoms with Gasteiger partial charge in [0.25, 0.3) is 5.91 Å². The van der Waals surface area contributed by atoms with Crippen LogP contribution in [0, 0.1) is 0 Å². The van der Waals surface area contributed by atoms with E-state index < -0.39 is 17.2 Å². The van der Waals surface area contributed by atoms with E-state index in [-0.39, 0.29) is 5.91 Å². The molecule has 2 heterocycles. The molecule has 4 rings (SSSR count). The third kappa shape index (κ3) is 1.64. The highest BCUT2D eigenvalue weighted by Crippen LogP contribution is 2.31. The third-order valence-corrected chi connectivity index (χ3v) is 3.82. The molecule has 1 aromatic heterocycles. The molecule has 0 aliphatic carbocycles. The lowest BCUT2D eigenvalue weighted by Crippen LogP contribution is -2.44. The highest BCUT2D eigenvalue weighted by atomic mass is 16.2. The number of nitrogens with zero attached hydrogens (tertiary/aromatic N) is 1. The fraction of sp³-hybridized carbons (Fsp3) is 0.0625. The van der Waals surface area contributed by atoms with Crippen molar-refractivity contribution in [1.82, 2.24) is 9.55 Å². The Kier molecular flexibility index (Phi) is 2.53. The molecule has 0 unspecified atom stereocenters. The maximum Gasteiger partial charge on any atom is 0.317 e. The number of para-hydroxylation sites is 1. The van der Waals surface area contributed by atoms with Crippen molar-refractivity contribution in [1.29, 1.82) is 0 Å². The van der Waals surface area contributed by atoms with Gasteiger partial charge in [-0.15, -0.1) is 0 Å². The fourth-order valence-electron chi connectivity index (χ4n) is 2.89. The predicted molar refractivity (Wildman–Crippen MR) is 82.0 cm³/mol. The Morgan fingerprint density at radius 3 is 2.45 bits per heavy atom. The zero-order valence-corrected chi connectivity index (χ0v) is 11.4. The normalized spacial score (nSPS) is 16.5. The van der Waals surface area contributed by atoms with E-state index in [9.17, 15) is 14.4 Å². The number of carbonyl (C=O) groups is 1. The van der Waals surface area contributed by atoms with Crippen LogP contribution in [0.3, 0.4) is 0 Å². The minimum Gasteiger partial charge on any atom is -0.322 e. The topological polar surface area (TPSA) is 84.0 Å². The molecule has 0 fully saturated rings. The summed E-state index contributed by atoms with van der Waals surface area (Å²) in [5.41, 5.74) is 0.749. The van der Waals surface area contributed by atoms with Gasteiger partial charge in [-0.25, -0.2) is 0 Å². The number of amides is 1. The third-order valence-electron chi connectivity index (χ3n) is 3.82. The molecule has 0 bridgehead atoms. The molecule has 1 amide bonds. The molecule has 1 aliphatic rings. The first-order valence-electron chi connectivity index (χ1n) is 6.80. The van der Waals surface area contributed by atoms with Crippen molar-refractivity contribution in [2.24, 2.45) is 0 Å². The fourth-order valence-corrected chi connectivity index (χ4v) is 2.89. The van der Waals surface area contributed by atoms with E-state index in [4.69, 9.17) is 0 Å². The number of H-pyrrole nitrogens is 1. The Hall–Kier alpha value is -3.15. The minimum atomic E-state index is -0.853. The SMILES string of the molecule is O=C1Nc2cccc3[nH]c(=O)c(=O)n(c23)[C@H]1c1ccccc1. The number of rotatable bonds is 1. The summed E-state index contributed by atoms with van der Waals surface area (Å²) in [6, 6.07) is 13.2. The number of aromatic nitrogens is 2. The monoisotopic (exact) mass is 293 g/mol. The quantitative estimate of drug-likeness (QED) is 0.662. The van der Waals surface area contributed by atoms with Crippen LogP contribution in [0.1, 0.15) is 11.6 Å². The molecule has 6 nitrogen and oxygen atoms in total. The first-order chi connectivity index (χ1) is 10.7. The van der Waals surface area contributed by atoms with Crippen LogP contribution in [-0.4, -0.2) is 15.5 Å². The van der Waals surface area contributed by atoms with Crippen molar-refractivity contribution in [2.45, 2.75) is 6.04 Å². The lowest BCUT2D eigenvalue weighted by molar-refractivity contribution is -0.118. The minimum absolute atomic E-state index is 0.334. The number of hydrogen-bond acceptors (Lipinski definition) is 3. The van der Waals surface area contributed by atoms with E-state index in [0.717, 1.165) is 0 Å². The zero-order valence-electron chi connectivity index (χ0n) is 11.4. The maximum atomic E-state index is 12.5. The Bertz CT molecular complexity index is 1020. The van der Waals surface area contributed by atoms with Gasteiger partial charge in [0, 0.05) is 0 Å². The molecule has 22 heavy (non-hydrogen) atoms. The van der Waals surface area contributed by atoms with Crippen LogP contribution in [0.4, 0.5) is 5.69 Å². The summed E-state index contributed by atoms with van der Waals surface area (Å²) in [7, 11) is 0. The van der Waals surface area contributed by atoms with Crippen LogP contribution < -0.4 is 16.4 Å². The molecule has 2 N–H and O–H groups in total. The van der Waals surface area contributed by atoms with E-state index >= 15 is 0 Å². The lowest BCUT2D eigenvalue weighted by atomic mass is 10.0. The smallest absolute Gasteiger partial charge is 0.317 e. The second kappa shape index (κ2) is 4.42. The first kappa shape index (κ1) is 12.6. The van der Waals surface area contributed by atoms with Crippen LogP contribution in [-0.2, 0) is 4.79 Å². The van der Waals surface area contributed by atoms with E-state index in [2.05, 4.69) is 10.3 Å². The molecule has 0 radical (unpaired) electrons. The van der Waals surface area contributed by atoms with Gasteiger partial charge in [0.05, 0.1) is 16.7 Å². The average Bonchev–Trinajstić information content (AvgIpc) is 2.53. The first-order valence-corrected chi connectivity index (χ1v) is 6.80. The number of hydrogen-bond donors (Lipinski definition) is 2. The number of aromatic amines is 1. The molecule has 1 atom stereocenters. The summed E-state index contributed by atoms with van der Waals surface area (Å²) in [6.07, 6.45) is 0. The van der Waals surface area contributed by atoms with Crippen molar-refractivity contribution in [3.8, 4) is 0 Å². The highest BCUT2D eigenvalue weighted by Gasteiger charge is 2.31. The van der Waals surface area contributed by atoms with Crippen LogP contribution in [0.15, 0.2) is 58.1 Å². The van der Waals surface area contributed by atoms with Crippen molar-refractivity contribution in [3.05, 3.63) is 74.8 Å². The van der Waals surface area contributed by atoms with Crippen molar-refractivity contribution in [2.75, 3.05) is 5.32 Å². The molecule has 3 aromatic rings. The Morgan fingerprint density at radius 2 is 1.68 bits per heavy atom. The summed E-state index contributed by atoms with van der Waals surface area (Å²) in [5.74, 6) is -0.334. The molecular weight excluding hydrogens is 282 g/mol. The largest absolute Gasteiger partial charge is 0.322 e. The van der Waals surface area contributed by atoms with Gasteiger partial charge in [0.1, 0.15) is 6.04 Å². The number of benzene rings is 2. The standard InChI is InChI=1S/C16H11N3O3/c20-14-12(9-5-2-1-3-6-9)19-13-10(17-14)7-4-8-11(13)18-15(21)16(19)22/h1-8,12H,(H,17,20)(H,18,21)/t12-/m0/s1. The number of anilines is 1. The van der Waals surface area contributed by atoms with Crippen LogP contribution >= 0.6 is 0 Å². The van der Waals surface area contributed by atoms with Crippen LogP contribution in [0.5, 0.6) is 0 Å². The van der Waals surface area contributed by atoms with E-state index in [1.54, 1.807) is 42.5 Å². The van der Waals surface area contributed by atoms with Gasteiger partial charge in [-0.05, 0) is 17.7 Å². The highest BCUT2D eigenvalue weighted by molar-refractivity contribution is 6.06. The van der Waals surface area contributed by atoms with Crippen molar-refractivity contribution < 1.29 is 4.79 Å². The van der Waals surface area contributed by atoms with Crippen molar-refractivity contribution >= 4 is 22.6 Å². The van der Waals surface area contributed by atoms with Crippen molar-refractivity contribution in [3.63, 3.8) is 0 Å². The molecule has 0 saturated carbocycles. The predicted octanol–water partition coefficient (Wildman–Crippen LogP) is 1.23. The van der Waals surface area contributed by atoms with Gasteiger partial charge < -0.3 is 10.3 Å². The molecule has 0 saturated heterocycles. The number of nitrogens with one attached hydrogen (secondary N) is 2. The van der Waals surface area contributed by atoms with Gasteiger partial charge in [0.15, 0.2) is 0 Å².